The maximum atomic E-state index is 6.22. The fraction of sp³-hybridized carbons (Fsp3) is 0.571. The van der Waals surface area contributed by atoms with E-state index in [0.29, 0.717) is 5.15 Å². The number of halogens is 1. The zero-order chi connectivity index (χ0) is 13.9. The molecule has 3 rings (SSSR count). The average Bonchev–Trinajstić information content (AvgIpc) is 3.03. The first-order valence-corrected chi connectivity index (χ1v) is 7.51. The summed E-state index contributed by atoms with van der Waals surface area (Å²) in [7, 11) is 0. The SMILES string of the molecule is CCCCc1nc(Cl)c(CN2CCc3nocc3C2)[nH]1. The summed E-state index contributed by atoms with van der Waals surface area (Å²) < 4.78 is 5.02. The summed E-state index contributed by atoms with van der Waals surface area (Å²) in [6.07, 6.45) is 5.93. The van der Waals surface area contributed by atoms with Gasteiger partial charge >= 0.3 is 0 Å². The van der Waals surface area contributed by atoms with Gasteiger partial charge in [-0.15, -0.1) is 0 Å². The molecule has 2 aromatic heterocycles. The number of imidazole rings is 1. The Labute approximate surface area is 123 Å². The second kappa shape index (κ2) is 5.97. The predicted molar refractivity (Wildman–Crippen MR) is 76.5 cm³/mol. The third-order valence-electron chi connectivity index (χ3n) is 3.71. The Bertz CT molecular complexity index is 577. The van der Waals surface area contributed by atoms with Crippen LogP contribution in [0.4, 0.5) is 0 Å². The van der Waals surface area contributed by atoms with Gasteiger partial charge < -0.3 is 9.51 Å². The van der Waals surface area contributed by atoms with Gasteiger partial charge in [0.05, 0.1) is 11.4 Å². The van der Waals surface area contributed by atoms with E-state index in [-0.39, 0.29) is 0 Å². The molecule has 20 heavy (non-hydrogen) atoms. The van der Waals surface area contributed by atoms with Gasteiger partial charge in [0.25, 0.3) is 0 Å². The van der Waals surface area contributed by atoms with E-state index in [9.17, 15) is 0 Å². The highest BCUT2D eigenvalue weighted by molar-refractivity contribution is 6.30. The fourth-order valence-electron chi connectivity index (χ4n) is 2.56. The molecular formula is C14H19ClN4O. The molecule has 5 nitrogen and oxygen atoms in total. The van der Waals surface area contributed by atoms with Gasteiger partial charge in [-0.2, -0.15) is 0 Å². The van der Waals surface area contributed by atoms with E-state index < -0.39 is 0 Å². The Morgan fingerprint density at radius 1 is 1.50 bits per heavy atom. The van der Waals surface area contributed by atoms with E-state index in [1.165, 1.54) is 5.56 Å². The third-order valence-corrected chi connectivity index (χ3v) is 4.03. The van der Waals surface area contributed by atoms with Crippen molar-refractivity contribution in [2.45, 2.75) is 45.7 Å². The molecule has 0 atom stereocenters. The molecule has 6 heteroatoms. The van der Waals surface area contributed by atoms with Crippen LogP contribution < -0.4 is 0 Å². The van der Waals surface area contributed by atoms with Gasteiger partial charge in [0.15, 0.2) is 5.15 Å². The van der Waals surface area contributed by atoms with Crippen LogP contribution in [-0.2, 0) is 25.9 Å². The maximum absolute atomic E-state index is 6.22. The average molecular weight is 295 g/mol. The molecule has 1 aliphatic heterocycles. The number of nitrogens with one attached hydrogen (secondary N) is 1. The van der Waals surface area contributed by atoms with E-state index in [4.69, 9.17) is 16.1 Å². The molecule has 3 heterocycles. The van der Waals surface area contributed by atoms with Gasteiger partial charge in [-0.25, -0.2) is 4.98 Å². The molecule has 0 bridgehead atoms. The van der Waals surface area contributed by atoms with Gasteiger partial charge in [-0.1, -0.05) is 30.1 Å². The van der Waals surface area contributed by atoms with Crippen molar-refractivity contribution < 1.29 is 4.52 Å². The van der Waals surface area contributed by atoms with Crippen molar-refractivity contribution in [1.29, 1.82) is 0 Å². The molecular weight excluding hydrogens is 276 g/mol. The lowest BCUT2D eigenvalue weighted by atomic mass is 10.1. The molecule has 1 aliphatic rings. The number of hydrogen-bond acceptors (Lipinski definition) is 4. The number of rotatable bonds is 5. The van der Waals surface area contributed by atoms with Crippen LogP contribution in [0.15, 0.2) is 10.8 Å². The van der Waals surface area contributed by atoms with Gasteiger partial charge in [0.2, 0.25) is 0 Å². The first-order chi connectivity index (χ1) is 9.76. The van der Waals surface area contributed by atoms with E-state index in [1.807, 2.05) is 0 Å². The van der Waals surface area contributed by atoms with Crippen molar-refractivity contribution in [1.82, 2.24) is 20.0 Å². The predicted octanol–water partition coefficient (Wildman–Crippen LogP) is 2.95. The second-order valence-electron chi connectivity index (χ2n) is 5.30. The topological polar surface area (TPSA) is 58.0 Å². The van der Waals surface area contributed by atoms with Crippen molar-refractivity contribution in [3.8, 4) is 0 Å². The minimum Gasteiger partial charge on any atom is -0.364 e. The highest BCUT2D eigenvalue weighted by Crippen LogP contribution is 2.21. The number of fused-ring (bicyclic) bond motifs is 1. The highest BCUT2D eigenvalue weighted by Gasteiger charge is 2.21. The lowest BCUT2D eigenvalue weighted by molar-refractivity contribution is 0.242. The Morgan fingerprint density at radius 2 is 2.40 bits per heavy atom. The maximum Gasteiger partial charge on any atom is 0.151 e. The molecule has 0 saturated heterocycles. The van der Waals surface area contributed by atoms with Crippen molar-refractivity contribution >= 4 is 11.6 Å². The molecule has 0 amide bonds. The van der Waals surface area contributed by atoms with Crippen molar-refractivity contribution in [2.24, 2.45) is 0 Å². The summed E-state index contributed by atoms with van der Waals surface area (Å²) in [5.74, 6) is 0.995. The third kappa shape index (κ3) is 2.88. The lowest BCUT2D eigenvalue weighted by Crippen LogP contribution is -2.29. The molecule has 0 aliphatic carbocycles. The number of aromatic nitrogens is 3. The van der Waals surface area contributed by atoms with E-state index in [2.05, 4.69) is 26.9 Å². The molecule has 0 fully saturated rings. The number of hydrogen-bond donors (Lipinski definition) is 1. The molecule has 0 saturated carbocycles. The van der Waals surface area contributed by atoms with Crippen LogP contribution in [0.25, 0.3) is 0 Å². The molecule has 0 aromatic carbocycles. The van der Waals surface area contributed by atoms with Crippen molar-refractivity contribution in [3.63, 3.8) is 0 Å². The number of H-pyrrole nitrogens is 1. The number of nitrogens with zero attached hydrogens (tertiary/aromatic N) is 3. The minimum atomic E-state index is 0.604. The number of unbranched alkanes of at least 4 members (excludes halogenated alkanes) is 1. The van der Waals surface area contributed by atoms with Gasteiger partial charge in [-0.05, 0) is 6.42 Å². The van der Waals surface area contributed by atoms with E-state index in [0.717, 1.165) is 62.5 Å². The van der Waals surface area contributed by atoms with Crippen molar-refractivity contribution in [2.75, 3.05) is 6.54 Å². The van der Waals surface area contributed by atoms with E-state index >= 15 is 0 Å². The van der Waals surface area contributed by atoms with Crippen LogP contribution in [0.2, 0.25) is 5.15 Å². The first-order valence-electron chi connectivity index (χ1n) is 7.14. The number of aryl methyl sites for hydroxylation is 1. The standard InChI is InChI=1S/C14H19ClN4O/c1-2-3-4-13-16-12(14(15)17-13)8-19-6-5-11-10(7-19)9-20-18-11/h9H,2-8H2,1H3,(H,16,17). The fourth-order valence-corrected chi connectivity index (χ4v) is 2.77. The van der Waals surface area contributed by atoms with Crippen LogP contribution >= 0.6 is 11.6 Å². The summed E-state index contributed by atoms with van der Waals surface area (Å²) >= 11 is 6.22. The van der Waals surface area contributed by atoms with Crippen LogP contribution in [0.3, 0.4) is 0 Å². The van der Waals surface area contributed by atoms with Crippen LogP contribution in [-0.4, -0.2) is 26.6 Å². The lowest BCUT2D eigenvalue weighted by Gasteiger charge is -2.24. The van der Waals surface area contributed by atoms with Gasteiger partial charge in [-0.3, -0.25) is 4.90 Å². The molecule has 108 valence electrons. The zero-order valence-corrected chi connectivity index (χ0v) is 12.4. The summed E-state index contributed by atoms with van der Waals surface area (Å²) in [5, 5.41) is 4.61. The van der Waals surface area contributed by atoms with Gasteiger partial charge in [0.1, 0.15) is 12.1 Å². The molecule has 2 aromatic rings. The normalized spacial score (nSPS) is 15.5. The Balaban J connectivity index is 1.65. The summed E-state index contributed by atoms with van der Waals surface area (Å²) in [6.45, 7) is 4.80. The summed E-state index contributed by atoms with van der Waals surface area (Å²) in [6, 6.07) is 0. The van der Waals surface area contributed by atoms with Crippen LogP contribution in [0.1, 0.15) is 42.5 Å². The summed E-state index contributed by atoms with van der Waals surface area (Å²) in [4.78, 5) is 10.1. The highest BCUT2D eigenvalue weighted by atomic mass is 35.5. The Kier molecular flexibility index (Phi) is 4.08. The summed E-state index contributed by atoms with van der Waals surface area (Å²) in [5.41, 5.74) is 3.27. The van der Waals surface area contributed by atoms with Crippen molar-refractivity contribution in [3.05, 3.63) is 34.2 Å². The first kappa shape index (κ1) is 13.6. The van der Waals surface area contributed by atoms with Gasteiger partial charge in [0, 0.05) is 38.0 Å². The quantitative estimate of drug-likeness (QED) is 0.921. The smallest absolute Gasteiger partial charge is 0.151 e. The minimum absolute atomic E-state index is 0.604. The second-order valence-corrected chi connectivity index (χ2v) is 5.66. The van der Waals surface area contributed by atoms with Crippen LogP contribution in [0.5, 0.6) is 0 Å². The zero-order valence-electron chi connectivity index (χ0n) is 11.7. The Morgan fingerprint density at radius 3 is 3.25 bits per heavy atom. The largest absolute Gasteiger partial charge is 0.364 e. The molecule has 0 unspecified atom stereocenters. The molecule has 0 spiro atoms. The molecule has 0 radical (unpaired) electrons. The molecule has 1 N–H and O–H groups in total. The monoisotopic (exact) mass is 294 g/mol. The van der Waals surface area contributed by atoms with Crippen LogP contribution in [0, 0.1) is 0 Å². The Hall–Kier alpha value is -1.33. The van der Waals surface area contributed by atoms with E-state index in [1.54, 1.807) is 6.26 Å². The number of aromatic amines is 1.